The summed E-state index contributed by atoms with van der Waals surface area (Å²) in [6.07, 6.45) is 12.3. The van der Waals surface area contributed by atoms with E-state index in [9.17, 15) is 0 Å². The Labute approximate surface area is 143 Å². The number of nitrogens with zero attached hydrogens (tertiary/aromatic N) is 2. The van der Waals surface area contributed by atoms with Crippen LogP contribution in [0.25, 0.3) is 22.2 Å². The van der Waals surface area contributed by atoms with Crippen molar-refractivity contribution in [2.24, 2.45) is 0 Å². The highest BCUT2D eigenvalue weighted by atomic mass is 79.9. The van der Waals surface area contributed by atoms with Crippen LogP contribution in [0.4, 0.5) is 5.82 Å². The van der Waals surface area contributed by atoms with Gasteiger partial charge in [-0.2, -0.15) is 0 Å². The molecule has 0 atom stereocenters. The van der Waals surface area contributed by atoms with Crippen LogP contribution >= 0.6 is 15.9 Å². The van der Waals surface area contributed by atoms with Gasteiger partial charge in [0.2, 0.25) is 0 Å². The molecule has 1 fully saturated rings. The van der Waals surface area contributed by atoms with Gasteiger partial charge < -0.3 is 10.3 Å². The van der Waals surface area contributed by atoms with E-state index >= 15 is 0 Å². The zero-order valence-corrected chi connectivity index (χ0v) is 14.4. The summed E-state index contributed by atoms with van der Waals surface area (Å²) < 4.78 is 0.981. The summed E-state index contributed by atoms with van der Waals surface area (Å²) in [5, 5.41) is 4.67. The van der Waals surface area contributed by atoms with Gasteiger partial charge in [0.25, 0.3) is 0 Å². The standard InChI is InChI=1S/C18H19BrN4/c19-13-8-15-16(11-22-18(15)21-10-13)12-6-7-17(20-9-12)23-14-4-2-1-3-5-14/h6-11,14H,1-5H2,(H,20,23)(H,21,22). The molecule has 4 rings (SSSR count). The van der Waals surface area contributed by atoms with Crippen LogP contribution in [0.3, 0.4) is 0 Å². The molecular weight excluding hydrogens is 352 g/mol. The van der Waals surface area contributed by atoms with Gasteiger partial charge in [-0.15, -0.1) is 0 Å². The van der Waals surface area contributed by atoms with E-state index in [0.29, 0.717) is 6.04 Å². The van der Waals surface area contributed by atoms with E-state index in [1.807, 2.05) is 12.4 Å². The zero-order valence-electron chi connectivity index (χ0n) is 12.8. The fraction of sp³-hybridized carbons (Fsp3) is 0.333. The van der Waals surface area contributed by atoms with Crippen molar-refractivity contribution in [2.45, 2.75) is 38.1 Å². The minimum atomic E-state index is 0.579. The summed E-state index contributed by atoms with van der Waals surface area (Å²) in [7, 11) is 0. The predicted molar refractivity (Wildman–Crippen MR) is 97.5 cm³/mol. The number of aromatic amines is 1. The lowest BCUT2D eigenvalue weighted by Gasteiger charge is -2.23. The van der Waals surface area contributed by atoms with Crippen LogP contribution in [-0.2, 0) is 0 Å². The third-order valence-corrected chi connectivity index (χ3v) is 4.96. The summed E-state index contributed by atoms with van der Waals surface area (Å²) in [6.45, 7) is 0. The molecule has 3 heterocycles. The molecule has 0 radical (unpaired) electrons. The average molecular weight is 371 g/mol. The van der Waals surface area contributed by atoms with Gasteiger partial charge in [0, 0.05) is 45.6 Å². The minimum absolute atomic E-state index is 0.579. The molecule has 118 valence electrons. The van der Waals surface area contributed by atoms with Gasteiger partial charge in [-0.3, -0.25) is 0 Å². The van der Waals surface area contributed by atoms with Gasteiger partial charge >= 0.3 is 0 Å². The molecule has 0 aliphatic heterocycles. The van der Waals surface area contributed by atoms with Gasteiger partial charge in [-0.25, -0.2) is 9.97 Å². The quantitative estimate of drug-likeness (QED) is 0.671. The van der Waals surface area contributed by atoms with Crippen molar-refractivity contribution in [3.63, 3.8) is 0 Å². The largest absolute Gasteiger partial charge is 0.367 e. The summed E-state index contributed by atoms with van der Waals surface area (Å²) in [6, 6.07) is 6.87. The highest BCUT2D eigenvalue weighted by Gasteiger charge is 2.14. The van der Waals surface area contributed by atoms with Gasteiger partial charge in [0.05, 0.1) is 0 Å². The Hall–Kier alpha value is -1.88. The van der Waals surface area contributed by atoms with Crippen LogP contribution < -0.4 is 5.32 Å². The number of aromatic nitrogens is 3. The third-order valence-electron chi connectivity index (χ3n) is 4.53. The fourth-order valence-corrected chi connectivity index (χ4v) is 3.64. The van der Waals surface area contributed by atoms with E-state index in [1.54, 1.807) is 6.20 Å². The van der Waals surface area contributed by atoms with Crippen molar-refractivity contribution < 1.29 is 0 Å². The SMILES string of the molecule is Brc1cnc2[nH]cc(-c3ccc(NC4CCCCC4)nc3)c2c1. The van der Waals surface area contributed by atoms with E-state index in [2.05, 4.69) is 54.4 Å². The van der Waals surface area contributed by atoms with E-state index in [-0.39, 0.29) is 0 Å². The molecule has 0 bridgehead atoms. The molecule has 23 heavy (non-hydrogen) atoms. The average Bonchev–Trinajstić information content (AvgIpc) is 2.99. The lowest BCUT2D eigenvalue weighted by molar-refractivity contribution is 0.462. The monoisotopic (exact) mass is 370 g/mol. The molecule has 1 aliphatic carbocycles. The first-order chi connectivity index (χ1) is 11.3. The molecule has 4 nitrogen and oxygen atoms in total. The van der Waals surface area contributed by atoms with Crippen molar-refractivity contribution in [3.8, 4) is 11.1 Å². The molecule has 1 saturated carbocycles. The summed E-state index contributed by atoms with van der Waals surface area (Å²) in [5.41, 5.74) is 3.13. The lowest BCUT2D eigenvalue weighted by atomic mass is 9.95. The van der Waals surface area contributed by atoms with Gasteiger partial charge in [0.15, 0.2) is 0 Å². The van der Waals surface area contributed by atoms with Crippen LogP contribution in [0.5, 0.6) is 0 Å². The molecule has 3 aromatic heterocycles. The fourth-order valence-electron chi connectivity index (χ4n) is 3.31. The lowest BCUT2D eigenvalue weighted by Crippen LogP contribution is -2.22. The van der Waals surface area contributed by atoms with Crippen LogP contribution in [0.1, 0.15) is 32.1 Å². The van der Waals surface area contributed by atoms with Crippen molar-refractivity contribution in [2.75, 3.05) is 5.32 Å². The van der Waals surface area contributed by atoms with E-state index in [1.165, 1.54) is 32.1 Å². The summed E-state index contributed by atoms with van der Waals surface area (Å²) in [4.78, 5) is 12.2. The second-order valence-corrected chi connectivity index (χ2v) is 7.08. The highest BCUT2D eigenvalue weighted by Crippen LogP contribution is 2.29. The number of fused-ring (bicyclic) bond motifs is 1. The molecule has 0 unspecified atom stereocenters. The Morgan fingerprint density at radius 3 is 2.74 bits per heavy atom. The molecule has 0 spiro atoms. The molecule has 0 aromatic carbocycles. The number of halogens is 1. The smallest absolute Gasteiger partial charge is 0.137 e. The van der Waals surface area contributed by atoms with Crippen LogP contribution in [-0.4, -0.2) is 21.0 Å². The minimum Gasteiger partial charge on any atom is -0.367 e. The Balaban J connectivity index is 1.58. The van der Waals surface area contributed by atoms with Crippen LogP contribution in [0, 0.1) is 0 Å². The number of anilines is 1. The predicted octanol–water partition coefficient (Wildman–Crippen LogP) is 5.13. The number of pyridine rings is 2. The maximum Gasteiger partial charge on any atom is 0.137 e. The Kier molecular flexibility index (Phi) is 4.04. The van der Waals surface area contributed by atoms with Gasteiger partial charge in [0.1, 0.15) is 11.5 Å². The van der Waals surface area contributed by atoms with Crippen LogP contribution in [0.15, 0.2) is 41.3 Å². The molecule has 2 N–H and O–H groups in total. The first kappa shape index (κ1) is 14.7. The molecule has 1 aliphatic rings. The van der Waals surface area contributed by atoms with Gasteiger partial charge in [-0.05, 0) is 47.0 Å². The van der Waals surface area contributed by atoms with E-state index in [0.717, 1.165) is 32.5 Å². The second-order valence-electron chi connectivity index (χ2n) is 6.16. The highest BCUT2D eigenvalue weighted by molar-refractivity contribution is 9.10. The van der Waals surface area contributed by atoms with Gasteiger partial charge in [-0.1, -0.05) is 19.3 Å². The number of hydrogen-bond acceptors (Lipinski definition) is 3. The number of rotatable bonds is 3. The normalized spacial score (nSPS) is 15.9. The maximum atomic E-state index is 4.60. The van der Waals surface area contributed by atoms with Crippen molar-refractivity contribution in [3.05, 3.63) is 41.3 Å². The molecule has 3 aromatic rings. The molecule has 5 heteroatoms. The topological polar surface area (TPSA) is 53.6 Å². The van der Waals surface area contributed by atoms with E-state index in [4.69, 9.17) is 0 Å². The van der Waals surface area contributed by atoms with Crippen LogP contribution in [0.2, 0.25) is 0 Å². The molecule has 0 amide bonds. The Bertz CT molecular complexity index is 804. The molecule has 0 saturated heterocycles. The second kappa shape index (κ2) is 6.32. The van der Waals surface area contributed by atoms with Crippen molar-refractivity contribution in [1.29, 1.82) is 0 Å². The zero-order chi connectivity index (χ0) is 15.6. The number of H-pyrrole nitrogens is 1. The third kappa shape index (κ3) is 3.11. The first-order valence-corrected chi connectivity index (χ1v) is 8.94. The van der Waals surface area contributed by atoms with E-state index < -0.39 is 0 Å². The Morgan fingerprint density at radius 2 is 1.96 bits per heavy atom. The van der Waals surface area contributed by atoms with Crippen molar-refractivity contribution >= 4 is 32.8 Å². The first-order valence-electron chi connectivity index (χ1n) is 8.15. The molecular formula is C18H19BrN4. The summed E-state index contributed by atoms with van der Waals surface area (Å²) >= 11 is 3.49. The Morgan fingerprint density at radius 1 is 1.09 bits per heavy atom. The summed E-state index contributed by atoms with van der Waals surface area (Å²) in [5.74, 6) is 0.972. The maximum absolute atomic E-state index is 4.60. The van der Waals surface area contributed by atoms with Crippen molar-refractivity contribution in [1.82, 2.24) is 15.0 Å². The number of hydrogen-bond donors (Lipinski definition) is 2. The number of nitrogens with one attached hydrogen (secondary N) is 2.